The van der Waals surface area contributed by atoms with E-state index in [4.69, 9.17) is 16.7 Å². The lowest BCUT2D eigenvalue weighted by molar-refractivity contribution is -0.142. The summed E-state index contributed by atoms with van der Waals surface area (Å²) < 4.78 is 26.8. The van der Waals surface area contributed by atoms with Crippen LogP contribution in [-0.4, -0.2) is 23.0 Å². The highest BCUT2D eigenvalue weighted by atomic mass is 35.5. The van der Waals surface area contributed by atoms with Crippen LogP contribution in [0.5, 0.6) is 0 Å². The van der Waals surface area contributed by atoms with Gasteiger partial charge >= 0.3 is 5.97 Å². The van der Waals surface area contributed by atoms with Gasteiger partial charge in [0.2, 0.25) is 0 Å². The first-order valence-corrected chi connectivity index (χ1v) is 6.10. The van der Waals surface area contributed by atoms with Gasteiger partial charge in [0.25, 0.3) is 5.91 Å². The second-order valence-electron chi connectivity index (χ2n) is 5.36. The molecule has 0 bridgehead atoms. The van der Waals surface area contributed by atoms with Gasteiger partial charge in [0.1, 0.15) is 17.7 Å². The minimum atomic E-state index is -1.26. The summed E-state index contributed by atoms with van der Waals surface area (Å²) in [7, 11) is 0. The van der Waals surface area contributed by atoms with Crippen LogP contribution < -0.4 is 5.32 Å². The molecule has 20 heavy (non-hydrogen) atoms. The zero-order valence-electron chi connectivity index (χ0n) is 11.1. The molecule has 0 aliphatic heterocycles. The van der Waals surface area contributed by atoms with Crippen LogP contribution in [0.3, 0.4) is 0 Å². The third-order valence-electron chi connectivity index (χ3n) is 2.64. The normalized spacial score (nSPS) is 12.9. The van der Waals surface area contributed by atoms with E-state index in [0.717, 1.165) is 0 Å². The van der Waals surface area contributed by atoms with Gasteiger partial charge in [-0.1, -0.05) is 32.4 Å². The van der Waals surface area contributed by atoms with E-state index in [9.17, 15) is 18.4 Å². The average molecular weight is 306 g/mol. The SMILES string of the molecule is CC(C)(C)C(NC(=O)c1cc(F)c(Cl)cc1F)C(=O)O. The minimum Gasteiger partial charge on any atom is -0.480 e. The Bertz CT molecular complexity index is 555. The minimum absolute atomic E-state index is 0.454. The van der Waals surface area contributed by atoms with Gasteiger partial charge < -0.3 is 10.4 Å². The molecule has 1 atom stereocenters. The molecule has 1 amide bonds. The summed E-state index contributed by atoms with van der Waals surface area (Å²) in [5.41, 5.74) is -1.38. The Hall–Kier alpha value is -1.69. The Morgan fingerprint density at radius 3 is 2.25 bits per heavy atom. The summed E-state index contributed by atoms with van der Waals surface area (Å²) in [6.45, 7) is 4.81. The maximum Gasteiger partial charge on any atom is 0.326 e. The van der Waals surface area contributed by atoms with E-state index in [1.54, 1.807) is 20.8 Å². The first-order valence-electron chi connectivity index (χ1n) is 5.72. The molecule has 0 heterocycles. The predicted molar refractivity (Wildman–Crippen MR) is 69.7 cm³/mol. The number of nitrogens with one attached hydrogen (secondary N) is 1. The molecule has 0 aliphatic rings. The molecular formula is C13H14ClF2NO3. The Morgan fingerprint density at radius 1 is 1.25 bits per heavy atom. The van der Waals surface area contributed by atoms with Gasteiger partial charge in [-0.25, -0.2) is 13.6 Å². The number of halogens is 3. The van der Waals surface area contributed by atoms with Gasteiger partial charge in [-0.15, -0.1) is 0 Å². The summed E-state index contributed by atoms with van der Waals surface area (Å²) >= 11 is 5.38. The monoisotopic (exact) mass is 305 g/mol. The van der Waals surface area contributed by atoms with Crippen molar-refractivity contribution in [1.82, 2.24) is 5.32 Å². The largest absolute Gasteiger partial charge is 0.480 e. The van der Waals surface area contributed by atoms with E-state index in [0.29, 0.717) is 12.1 Å². The third-order valence-corrected chi connectivity index (χ3v) is 2.93. The molecule has 0 aliphatic carbocycles. The zero-order valence-corrected chi connectivity index (χ0v) is 11.9. The smallest absolute Gasteiger partial charge is 0.326 e. The van der Waals surface area contributed by atoms with Crippen LogP contribution in [0, 0.1) is 17.0 Å². The van der Waals surface area contributed by atoms with Gasteiger partial charge in [0.15, 0.2) is 0 Å². The van der Waals surface area contributed by atoms with Crippen molar-refractivity contribution in [1.29, 1.82) is 0 Å². The quantitative estimate of drug-likeness (QED) is 0.844. The number of rotatable bonds is 3. The van der Waals surface area contributed by atoms with Crippen molar-refractivity contribution >= 4 is 23.5 Å². The standard InChI is InChI=1S/C13H14ClF2NO3/c1-13(2,3)10(12(19)20)17-11(18)6-4-9(16)7(14)5-8(6)15/h4-5,10H,1-3H3,(H,17,18)(H,19,20). The van der Waals surface area contributed by atoms with Crippen LogP contribution in [0.15, 0.2) is 12.1 Å². The molecule has 0 fully saturated rings. The van der Waals surface area contributed by atoms with Gasteiger partial charge in [-0.3, -0.25) is 4.79 Å². The number of amides is 1. The molecule has 4 nitrogen and oxygen atoms in total. The molecular weight excluding hydrogens is 292 g/mol. The fourth-order valence-electron chi connectivity index (χ4n) is 1.55. The van der Waals surface area contributed by atoms with Crippen LogP contribution >= 0.6 is 11.6 Å². The number of carboxylic acids is 1. The van der Waals surface area contributed by atoms with E-state index in [-0.39, 0.29) is 0 Å². The van der Waals surface area contributed by atoms with E-state index in [2.05, 4.69) is 5.32 Å². The lowest BCUT2D eigenvalue weighted by Gasteiger charge is -2.27. The number of hydrogen-bond acceptors (Lipinski definition) is 2. The highest BCUT2D eigenvalue weighted by molar-refractivity contribution is 6.30. The second kappa shape index (κ2) is 5.75. The summed E-state index contributed by atoms with van der Waals surface area (Å²) in [5.74, 6) is -4.26. The molecule has 7 heteroatoms. The highest BCUT2D eigenvalue weighted by Gasteiger charge is 2.33. The molecule has 0 saturated heterocycles. The summed E-state index contributed by atoms with van der Waals surface area (Å²) in [6, 6.07) is 0.0564. The Balaban J connectivity index is 3.07. The maximum atomic E-state index is 13.6. The first kappa shape index (κ1) is 16.4. The second-order valence-corrected chi connectivity index (χ2v) is 5.76. The number of benzene rings is 1. The molecule has 110 valence electrons. The van der Waals surface area contributed by atoms with Crippen LogP contribution in [0.25, 0.3) is 0 Å². The van der Waals surface area contributed by atoms with E-state index in [1.807, 2.05) is 0 Å². The van der Waals surface area contributed by atoms with E-state index < -0.39 is 45.6 Å². The van der Waals surface area contributed by atoms with Crippen molar-refractivity contribution in [3.05, 3.63) is 34.4 Å². The first-order chi connectivity index (χ1) is 9.04. The molecule has 0 spiro atoms. The molecule has 0 saturated carbocycles. The number of aliphatic carboxylic acids is 1. The Kier molecular flexibility index (Phi) is 4.70. The summed E-state index contributed by atoms with van der Waals surface area (Å²) in [5, 5.41) is 10.8. The topological polar surface area (TPSA) is 66.4 Å². The van der Waals surface area contributed by atoms with Gasteiger partial charge in [0.05, 0.1) is 10.6 Å². The molecule has 0 aromatic heterocycles. The van der Waals surface area contributed by atoms with Crippen LogP contribution in [0.2, 0.25) is 5.02 Å². The lowest BCUT2D eigenvalue weighted by atomic mass is 9.86. The molecule has 1 rings (SSSR count). The van der Waals surface area contributed by atoms with Gasteiger partial charge in [0, 0.05) is 0 Å². The molecule has 1 aromatic carbocycles. The number of carboxylic acid groups (broad SMARTS) is 1. The Labute approximate surface area is 119 Å². The lowest BCUT2D eigenvalue weighted by Crippen LogP contribution is -2.49. The number of hydrogen-bond donors (Lipinski definition) is 2. The Morgan fingerprint density at radius 2 is 1.80 bits per heavy atom. The fraction of sp³-hybridized carbons (Fsp3) is 0.385. The van der Waals surface area contributed by atoms with Crippen LogP contribution in [0.1, 0.15) is 31.1 Å². The number of carbonyl (C=O) groups is 2. The van der Waals surface area contributed by atoms with E-state index in [1.165, 1.54) is 0 Å². The molecule has 1 unspecified atom stereocenters. The van der Waals surface area contributed by atoms with Gasteiger partial charge in [-0.05, 0) is 17.5 Å². The summed E-state index contributed by atoms with van der Waals surface area (Å²) in [4.78, 5) is 23.0. The van der Waals surface area contributed by atoms with Crippen molar-refractivity contribution < 1.29 is 23.5 Å². The van der Waals surface area contributed by atoms with Crippen molar-refractivity contribution in [3.63, 3.8) is 0 Å². The van der Waals surface area contributed by atoms with Crippen molar-refractivity contribution in [3.8, 4) is 0 Å². The highest BCUT2D eigenvalue weighted by Crippen LogP contribution is 2.22. The molecule has 1 aromatic rings. The fourth-order valence-corrected chi connectivity index (χ4v) is 1.70. The van der Waals surface area contributed by atoms with Gasteiger partial charge in [-0.2, -0.15) is 0 Å². The van der Waals surface area contributed by atoms with Crippen molar-refractivity contribution in [2.45, 2.75) is 26.8 Å². The average Bonchev–Trinajstić information content (AvgIpc) is 2.28. The summed E-state index contributed by atoms with van der Waals surface area (Å²) in [6.07, 6.45) is 0. The number of carbonyl (C=O) groups excluding carboxylic acids is 1. The molecule has 0 radical (unpaired) electrons. The predicted octanol–water partition coefficient (Wildman–Crippen LogP) is 2.85. The van der Waals surface area contributed by atoms with Crippen LogP contribution in [0.4, 0.5) is 8.78 Å². The third kappa shape index (κ3) is 3.66. The van der Waals surface area contributed by atoms with E-state index >= 15 is 0 Å². The van der Waals surface area contributed by atoms with Crippen LogP contribution in [-0.2, 0) is 4.79 Å². The van der Waals surface area contributed by atoms with Crippen molar-refractivity contribution in [2.24, 2.45) is 5.41 Å². The molecule has 2 N–H and O–H groups in total. The zero-order chi connectivity index (χ0) is 15.7. The van der Waals surface area contributed by atoms with Crippen molar-refractivity contribution in [2.75, 3.05) is 0 Å². The maximum absolute atomic E-state index is 13.6.